The molecule has 0 aliphatic rings. The Labute approximate surface area is 105 Å². The standard InChI is InChI=1S/C13H18BrFO/c1-3-10(2)5-4-8-16-11-6-7-12(14)13(15)9-11/h6-7,9-10H,3-5,8H2,1-2H3/t10-/m0/s1. The topological polar surface area (TPSA) is 9.23 Å². The Morgan fingerprint density at radius 2 is 2.19 bits per heavy atom. The van der Waals surface area contributed by atoms with Gasteiger partial charge in [0, 0.05) is 6.07 Å². The molecule has 16 heavy (non-hydrogen) atoms. The fourth-order valence-corrected chi connectivity index (χ4v) is 1.64. The van der Waals surface area contributed by atoms with Gasteiger partial charge < -0.3 is 4.74 Å². The quantitative estimate of drug-likeness (QED) is 0.684. The second-order valence-electron chi connectivity index (χ2n) is 4.08. The van der Waals surface area contributed by atoms with Crippen LogP contribution < -0.4 is 4.74 Å². The molecule has 0 unspecified atom stereocenters. The Hall–Kier alpha value is -0.570. The fraction of sp³-hybridized carbons (Fsp3) is 0.538. The molecule has 1 aromatic carbocycles. The largest absolute Gasteiger partial charge is 0.493 e. The Bertz CT molecular complexity index is 328. The van der Waals surface area contributed by atoms with Gasteiger partial charge in [0.15, 0.2) is 0 Å². The van der Waals surface area contributed by atoms with Gasteiger partial charge in [-0.05, 0) is 46.8 Å². The molecular weight excluding hydrogens is 271 g/mol. The average Bonchev–Trinajstić information content (AvgIpc) is 2.28. The van der Waals surface area contributed by atoms with Gasteiger partial charge in [-0.3, -0.25) is 0 Å². The lowest BCUT2D eigenvalue weighted by molar-refractivity contribution is 0.292. The van der Waals surface area contributed by atoms with Crippen molar-refractivity contribution in [3.05, 3.63) is 28.5 Å². The minimum atomic E-state index is -0.278. The summed E-state index contributed by atoms with van der Waals surface area (Å²) >= 11 is 3.11. The number of benzene rings is 1. The molecule has 1 atom stereocenters. The number of rotatable bonds is 6. The molecule has 0 fully saturated rings. The zero-order valence-corrected chi connectivity index (χ0v) is 11.4. The summed E-state index contributed by atoms with van der Waals surface area (Å²) in [4.78, 5) is 0. The molecule has 1 aromatic rings. The maximum absolute atomic E-state index is 13.1. The van der Waals surface area contributed by atoms with Crippen molar-refractivity contribution >= 4 is 15.9 Å². The van der Waals surface area contributed by atoms with Crippen LogP contribution in [0.2, 0.25) is 0 Å². The minimum Gasteiger partial charge on any atom is -0.493 e. The van der Waals surface area contributed by atoms with E-state index in [9.17, 15) is 4.39 Å². The van der Waals surface area contributed by atoms with Gasteiger partial charge in [0.1, 0.15) is 11.6 Å². The Balaban J connectivity index is 2.29. The van der Waals surface area contributed by atoms with Crippen LogP contribution in [0, 0.1) is 11.7 Å². The predicted molar refractivity (Wildman–Crippen MR) is 68.3 cm³/mol. The summed E-state index contributed by atoms with van der Waals surface area (Å²) in [7, 11) is 0. The molecule has 0 aliphatic heterocycles. The maximum atomic E-state index is 13.1. The molecule has 0 bridgehead atoms. The normalized spacial score (nSPS) is 12.5. The third-order valence-corrected chi connectivity index (χ3v) is 3.34. The summed E-state index contributed by atoms with van der Waals surface area (Å²) in [6.07, 6.45) is 3.38. The van der Waals surface area contributed by atoms with Crippen LogP contribution in [-0.2, 0) is 0 Å². The second kappa shape index (κ2) is 6.89. The minimum absolute atomic E-state index is 0.278. The van der Waals surface area contributed by atoms with E-state index in [4.69, 9.17) is 4.74 Å². The number of hydrogen-bond acceptors (Lipinski definition) is 1. The van der Waals surface area contributed by atoms with E-state index in [-0.39, 0.29) is 5.82 Å². The van der Waals surface area contributed by atoms with E-state index >= 15 is 0 Å². The average molecular weight is 289 g/mol. The van der Waals surface area contributed by atoms with Crippen LogP contribution in [-0.4, -0.2) is 6.61 Å². The molecule has 0 heterocycles. The molecule has 1 rings (SSSR count). The molecule has 0 saturated carbocycles. The molecule has 0 aromatic heterocycles. The zero-order chi connectivity index (χ0) is 12.0. The van der Waals surface area contributed by atoms with Crippen molar-refractivity contribution in [2.45, 2.75) is 33.1 Å². The van der Waals surface area contributed by atoms with Gasteiger partial charge in [0.05, 0.1) is 11.1 Å². The van der Waals surface area contributed by atoms with Crippen molar-refractivity contribution in [1.82, 2.24) is 0 Å². The van der Waals surface area contributed by atoms with Crippen molar-refractivity contribution in [2.75, 3.05) is 6.61 Å². The van der Waals surface area contributed by atoms with Crippen molar-refractivity contribution in [2.24, 2.45) is 5.92 Å². The highest BCUT2D eigenvalue weighted by Crippen LogP contribution is 2.21. The highest BCUT2D eigenvalue weighted by Gasteiger charge is 2.02. The fourth-order valence-electron chi connectivity index (χ4n) is 1.39. The first-order chi connectivity index (χ1) is 7.63. The van der Waals surface area contributed by atoms with Crippen molar-refractivity contribution in [3.8, 4) is 5.75 Å². The molecule has 90 valence electrons. The van der Waals surface area contributed by atoms with E-state index < -0.39 is 0 Å². The predicted octanol–water partition coefficient (Wildman–Crippen LogP) is 4.79. The van der Waals surface area contributed by atoms with Crippen LogP contribution in [0.1, 0.15) is 33.1 Å². The SMILES string of the molecule is CC[C@H](C)CCCOc1ccc(Br)c(F)c1. The van der Waals surface area contributed by atoms with Crippen molar-refractivity contribution in [3.63, 3.8) is 0 Å². The molecule has 0 saturated heterocycles. The maximum Gasteiger partial charge on any atom is 0.141 e. The van der Waals surface area contributed by atoms with Crippen LogP contribution in [0.4, 0.5) is 4.39 Å². The van der Waals surface area contributed by atoms with Crippen LogP contribution >= 0.6 is 15.9 Å². The summed E-state index contributed by atoms with van der Waals surface area (Å²) < 4.78 is 19.1. The smallest absolute Gasteiger partial charge is 0.141 e. The lowest BCUT2D eigenvalue weighted by atomic mass is 10.0. The van der Waals surface area contributed by atoms with Crippen LogP contribution in [0.3, 0.4) is 0 Å². The van der Waals surface area contributed by atoms with E-state index in [2.05, 4.69) is 29.8 Å². The third kappa shape index (κ3) is 4.52. The molecule has 0 N–H and O–H groups in total. The highest BCUT2D eigenvalue weighted by atomic mass is 79.9. The van der Waals surface area contributed by atoms with Gasteiger partial charge >= 0.3 is 0 Å². The summed E-state index contributed by atoms with van der Waals surface area (Å²) in [5.41, 5.74) is 0. The number of hydrogen-bond donors (Lipinski definition) is 0. The zero-order valence-electron chi connectivity index (χ0n) is 9.80. The van der Waals surface area contributed by atoms with Crippen LogP contribution in [0.25, 0.3) is 0 Å². The van der Waals surface area contributed by atoms with E-state index in [0.29, 0.717) is 16.8 Å². The lowest BCUT2D eigenvalue weighted by Gasteiger charge is -2.09. The highest BCUT2D eigenvalue weighted by molar-refractivity contribution is 9.10. The Morgan fingerprint density at radius 1 is 1.44 bits per heavy atom. The lowest BCUT2D eigenvalue weighted by Crippen LogP contribution is -2.01. The number of ether oxygens (including phenoxy) is 1. The van der Waals surface area contributed by atoms with Crippen molar-refractivity contribution in [1.29, 1.82) is 0 Å². The molecule has 3 heteroatoms. The third-order valence-electron chi connectivity index (χ3n) is 2.70. The summed E-state index contributed by atoms with van der Waals surface area (Å²) in [5, 5.41) is 0. The molecule has 0 spiro atoms. The van der Waals surface area contributed by atoms with Gasteiger partial charge in [-0.25, -0.2) is 4.39 Å². The first-order valence-corrected chi connectivity index (χ1v) is 6.50. The first-order valence-electron chi connectivity index (χ1n) is 5.71. The van der Waals surface area contributed by atoms with Crippen molar-refractivity contribution < 1.29 is 9.13 Å². The van der Waals surface area contributed by atoms with Gasteiger partial charge in [0.25, 0.3) is 0 Å². The summed E-state index contributed by atoms with van der Waals surface area (Å²) in [6, 6.07) is 4.85. The second-order valence-corrected chi connectivity index (χ2v) is 4.93. The Kier molecular flexibility index (Phi) is 5.81. The van der Waals surface area contributed by atoms with Crippen LogP contribution in [0.15, 0.2) is 22.7 Å². The van der Waals surface area contributed by atoms with Crippen LogP contribution in [0.5, 0.6) is 5.75 Å². The molecule has 1 nitrogen and oxygen atoms in total. The molecule has 0 amide bonds. The van der Waals surface area contributed by atoms with E-state index in [1.165, 1.54) is 12.5 Å². The molecule has 0 radical (unpaired) electrons. The van der Waals surface area contributed by atoms with Gasteiger partial charge in [-0.2, -0.15) is 0 Å². The van der Waals surface area contributed by atoms with Gasteiger partial charge in [-0.1, -0.05) is 20.3 Å². The molecule has 0 aliphatic carbocycles. The summed E-state index contributed by atoms with van der Waals surface area (Å²) in [6.45, 7) is 5.08. The van der Waals surface area contributed by atoms with E-state index in [1.807, 2.05) is 0 Å². The van der Waals surface area contributed by atoms with Gasteiger partial charge in [-0.15, -0.1) is 0 Å². The molecular formula is C13H18BrFO. The van der Waals surface area contributed by atoms with E-state index in [0.717, 1.165) is 18.8 Å². The van der Waals surface area contributed by atoms with E-state index in [1.54, 1.807) is 12.1 Å². The monoisotopic (exact) mass is 288 g/mol. The Morgan fingerprint density at radius 3 is 2.81 bits per heavy atom. The van der Waals surface area contributed by atoms with Gasteiger partial charge in [0.2, 0.25) is 0 Å². The first kappa shape index (κ1) is 13.5. The number of halogens is 2. The summed E-state index contributed by atoms with van der Waals surface area (Å²) in [5.74, 6) is 1.06.